The molecule has 1 aliphatic heterocycles. The number of nitrogens with two attached hydrogens (primary N) is 1. The fraction of sp³-hybridized carbons (Fsp3) is 0.500. The fourth-order valence-corrected chi connectivity index (χ4v) is 2.39. The third kappa shape index (κ3) is 3.82. The number of anilines is 1. The average molecular weight is 247 g/mol. The van der Waals surface area contributed by atoms with E-state index in [0.717, 1.165) is 31.7 Å². The lowest BCUT2D eigenvalue weighted by atomic mass is 10.1. The Bertz CT molecular complexity index is 402. The van der Waals surface area contributed by atoms with Crippen molar-refractivity contribution in [2.75, 3.05) is 18.4 Å². The maximum Gasteiger partial charge on any atom is 0.221 e. The van der Waals surface area contributed by atoms with Crippen LogP contribution in [-0.4, -0.2) is 29.9 Å². The molecule has 1 aliphatic rings. The summed E-state index contributed by atoms with van der Waals surface area (Å²) < 4.78 is 0. The highest BCUT2D eigenvalue weighted by molar-refractivity contribution is 5.88. The van der Waals surface area contributed by atoms with Crippen molar-refractivity contribution in [3.05, 3.63) is 29.8 Å². The van der Waals surface area contributed by atoms with Gasteiger partial charge in [-0.25, -0.2) is 0 Å². The molecule has 98 valence electrons. The molecule has 1 aromatic carbocycles. The number of benzene rings is 1. The zero-order chi connectivity index (χ0) is 13.0. The quantitative estimate of drug-likeness (QED) is 0.852. The second-order valence-electron chi connectivity index (χ2n) is 5.02. The van der Waals surface area contributed by atoms with Crippen molar-refractivity contribution in [2.24, 2.45) is 5.73 Å². The van der Waals surface area contributed by atoms with Gasteiger partial charge in [0.15, 0.2) is 0 Å². The first kappa shape index (κ1) is 13.1. The molecule has 0 spiro atoms. The van der Waals surface area contributed by atoms with Crippen molar-refractivity contribution in [3.63, 3.8) is 0 Å². The monoisotopic (exact) mass is 247 g/mol. The Morgan fingerprint density at radius 2 is 2.17 bits per heavy atom. The molecule has 18 heavy (non-hydrogen) atoms. The maximum atomic E-state index is 10.9. The molecular weight excluding hydrogens is 226 g/mol. The molecule has 1 amide bonds. The van der Waals surface area contributed by atoms with Gasteiger partial charge < -0.3 is 11.1 Å². The first-order valence-electron chi connectivity index (χ1n) is 6.48. The van der Waals surface area contributed by atoms with Gasteiger partial charge in [0.1, 0.15) is 0 Å². The summed E-state index contributed by atoms with van der Waals surface area (Å²) in [4.78, 5) is 13.3. The van der Waals surface area contributed by atoms with Gasteiger partial charge in [-0.1, -0.05) is 12.1 Å². The summed E-state index contributed by atoms with van der Waals surface area (Å²) in [7, 11) is 0. The third-order valence-corrected chi connectivity index (χ3v) is 3.22. The van der Waals surface area contributed by atoms with Crippen molar-refractivity contribution < 1.29 is 4.79 Å². The van der Waals surface area contributed by atoms with E-state index in [1.807, 2.05) is 12.1 Å². The third-order valence-electron chi connectivity index (χ3n) is 3.22. The lowest BCUT2D eigenvalue weighted by Gasteiger charge is -2.30. The van der Waals surface area contributed by atoms with E-state index in [1.165, 1.54) is 18.9 Å². The number of rotatable bonds is 3. The van der Waals surface area contributed by atoms with Gasteiger partial charge in [-0.3, -0.25) is 9.69 Å². The Balaban J connectivity index is 1.91. The SMILES string of the molecule is CC(=O)Nc1ccc(CN2CCCC(N)C2)cc1. The summed E-state index contributed by atoms with van der Waals surface area (Å²) in [5.74, 6) is -0.0373. The van der Waals surface area contributed by atoms with Crippen LogP contribution in [0.2, 0.25) is 0 Å². The first-order chi connectivity index (χ1) is 8.63. The van der Waals surface area contributed by atoms with Crippen LogP contribution in [0.4, 0.5) is 5.69 Å². The van der Waals surface area contributed by atoms with Gasteiger partial charge in [-0.15, -0.1) is 0 Å². The molecule has 0 aromatic heterocycles. The molecule has 0 aliphatic carbocycles. The van der Waals surface area contributed by atoms with Crippen LogP contribution >= 0.6 is 0 Å². The van der Waals surface area contributed by atoms with Crippen LogP contribution in [0.1, 0.15) is 25.3 Å². The smallest absolute Gasteiger partial charge is 0.221 e. The number of carbonyl (C=O) groups is 1. The Morgan fingerprint density at radius 3 is 2.78 bits per heavy atom. The molecule has 1 unspecified atom stereocenters. The number of nitrogens with one attached hydrogen (secondary N) is 1. The molecule has 2 rings (SSSR count). The van der Waals surface area contributed by atoms with Crippen LogP contribution in [0, 0.1) is 0 Å². The zero-order valence-electron chi connectivity index (χ0n) is 10.9. The van der Waals surface area contributed by atoms with Crippen LogP contribution in [0.3, 0.4) is 0 Å². The first-order valence-corrected chi connectivity index (χ1v) is 6.48. The summed E-state index contributed by atoms with van der Waals surface area (Å²) in [6, 6.07) is 8.33. The Kier molecular flexibility index (Phi) is 4.33. The summed E-state index contributed by atoms with van der Waals surface area (Å²) in [6.45, 7) is 4.56. The second kappa shape index (κ2) is 5.98. The number of hydrogen-bond donors (Lipinski definition) is 2. The van der Waals surface area contributed by atoms with Crippen LogP contribution in [0.5, 0.6) is 0 Å². The number of likely N-dealkylation sites (tertiary alicyclic amines) is 1. The largest absolute Gasteiger partial charge is 0.327 e. The Morgan fingerprint density at radius 1 is 1.44 bits per heavy atom. The van der Waals surface area contributed by atoms with Gasteiger partial charge in [0.05, 0.1) is 0 Å². The summed E-state index contributed by atoms with van der Waals surface area (Å²) >= 11 is 0. The Labute approximate surface area is 108 Å². The van der Waals surface area contributed by atoms with Crippen LogP contribution in [-0.2, 0) is 11.3 Å². The second-order valence-corrected chi connectivity index (χ2v) is 5.02. The van der Waals surface area contributed by atoms with E-state index in [2.05, 4.69) is 22.3 Å². The van der Waals surface area contributed by atoms with Crippen LogP contribution in [0.15, 0.2) is 24.3 Å². The van der Waals surface area contributed by atoms with Gasteiger partial charge in [-0.2, -0.15) is 0 Å². The van der Waals surface area contributed by atoms with Crippen molar-refractivity contribution >= 4 is 11.6 Å². The highest BCUT2D eigenvalue weighted by Crippen LogP contribution is 2.15. The predicted molar refractivity (Wildman–Crippen MR) is 73.2 cm³/mol. The van der Waals surface area contributed by atoms with E-state index in [4.69, 9.17) is 5.73 Å². The zero-order valence-corrected chi connectivity index (χ0v) is 10.9. The lowest BCUT2D eigenvalue weighted by molar-refractivity contribution is -0.114. The molecule has 1 saturated heterocycles. The van der Waals surface area contributed by atoms with E-state index in [0.29, 0.717) is 6.04 Å². The number of nitrogens with zero attached hydrogens (tertiary/aromatic N) is 1. The lowest BCUT2D eigenvalue weighted by Crippen LogP contribution is -2.42. The fourth-order valence-electron chi connectivity index (χ4n) is 2.39. The van der Waals surface area contributed by atoms with Gasteiger partial charge in [-0.05, 0) is 37.1 Å². The molecule has 1 atom stereocenters. The molecule has 0 radical (unpaired) electrons. The molecule has 1 fully saturated rings. The standard InChI is InChI=1S/C14H21N3O/c1-11(18)16-14-6-4-12(5-7-14)9-17-8-2-3-13(15)10-17/h4-7,13H,2-3,8-10,15H2,1H3,(H,16,18). The average Bonchev–Trinajstić information content (AvgIpc) is 2.31. The predicted octanol–water partition coefficient (Wildman–Crippen LogP) is 1.57. The number of piperidine rings is 1. The van der Waals surface area contributed by atoms with Crippen molar-refractivity contribution in [1.29, 1.82) is 0 Å². The molecule has 4 heteroatoms. The van der Waals surface area contributed by atoms with Gasteiger partial charge >= 0.3 is 0 Å². The van der Waals surface area contributed by atoms with E-state index in [9.17, 15) is 4.79 Å². The van der Waals surface area contributed by atoms with E-state index in [1.54, 1.807) is 0 Å². The van der Waals surface area contributed by atoms with Crippen LogP contribution < -0.4 is 11.1 Å². The molecule has 0 bridgehead atoms. The van der Waals surface area contributed by atoms with E-state index < -0.39 is 0 Å². The molecule has 3 N–H and O–H groups in total. The van der Waals surface area contributed by atoms with Gasteiger partial charge in [0.2, 0.25) is 5.91 Å². The molecular formula is C14H21N3O. The van der Waals surface area contributed by atoms with Crippen molar-refractivity contribution in [1.82, 2.24) is 4.90 Å². The summed E-state index contributed by atoms with van der Waals surface area (Å²) in [6.07, 6.45) is 2.32. The summed E-state index contributed by atoms with van der Waals surface area (Å²) in [5, 5.41) is 2.77. The number of carbonyl (C=O) groups excluding carboxylic acids is 1. The molecule has 4 nitrogen and oxygen atoms in total. The minimum atomic E-state index is -0.0373. The molecule has 1 heterocycles. The molecule has 1 aromatic rings. The molecule has 0 saturated carbocycles. The summed E-state index contributed by atoms with van der Waals surface area (Å²) in [5.41, 5.74) is 8.08. The van der Waals surface area contributed by atoms with E-state index >= 15 is 0 Å². The minimum Gasteiger partial charge on any atom is -0.327 e. The highest BCUT2D eigenvalue weighted by atomic mass is 16.1. The number of hydrogen-bond acceptors (Lipinski definition) is 3. The van der Waals surface area contributed by atoms with E-state index in [-0.39, 0.29) is 5.91 Å². The maximum absolute atomic E-state index is 10.9. The Hall–Kier alpha value is -1.39. The topological polar surface area (TPSA) is 58.4 Å². The normalized spacial score (nSPS) is 20.7. The van der Waals surface area contributed by atoms with Crippen molar-refractivity contribution in [2.45, 2.75) is 32.4 Å². The highest BCUT2D eigenvalue weighted by Gasteiger charge is 2.16. The van der Waals surface area contributed by atoms with Crippen LogP contribution in [0.25, 0.3) is 0 Å². The minimum absolute atomic E-state index is 0.0373. The van der Waals surface area contributed by atoms with Gasteiger partial charge in [0.25, 0.3) is 0 Å². The number of amides is 1. The van der Waals surface area contributed by atoms with Crippen molar-refractivity contribution in [3.8, 4) is 0 Å². The van der Waals surface area contributed by atoms with Gasteiger partial charge in [0, 0.05) is 31.7 Å².